The average molecular weight is 285 g/mol. The van der Waals surface area contributed by atoms with Crippen molar-refractivity contribution < 1.29 is 5.11 Å². The molecule has 0 saturated heterocycles. The van der Waals surface area contributed by atoms with Gasteiger partial charge in [-0.2, -0.15) is 0 Å². The third-order valence-corrected chi connectivity index (χ3v) is 4.14. The summed E-state index contributed by atoms with van der Waals surface area (Å²) in [7, 11) is 0. The van der Waals surface area contributed by atoms with Crippen LogP contribution in [0, 0.1) is 29.1 Å². The molecular weight excluding hydrogens is 244 g/mol. The van der Waals surface area contributed by atoms with E-state index in [1.54, 1.807) is 0 Å². The van der Waals surface area contributed by atoms with Gasteiger partial charge in [0.25, 0.3) is 0 Å². The van der Waals surface area contributed by atoms with Gasteiger partial charge in [-0.3, -0.25) is 0 Å². The van der Waals surface area contributed by atoms with Gasteiger partial charge in [0.2, 0.25) is 0 Å². The Morgan fingerprint density at radius 2 is 1.45 bits per heavy atom. The Labute approximate surface area is 128 Å². The highest BCUT2D eigenvalue weighted by atomic mass is 16.3. The van der Waals surface area contributed by atoms with Gasteiger partial charge in [-0.1, -0.05) is 61.3 Å². The second-order valence-electron chi connectivity index (χ2n) is 8.82. The molecule has 3 unspecified atom stereocenters. The van der Waals surface area contributed by atoms with Gasteiger partial charge in [-0.15, -0.1) is 0 Å². The average Bonchev–Trinajstić information content (AvgIpc) is 2.23. The minimum absolute atomic E-state index is 0.371. The van der Waals surface area contributed by atoms with E-state index in [0.29, 0.717) is 17.9 Å². The third kappa shape index (κ3) is 11.8. The maximum Gasteiger partial charge on any atom is 0.0459 e. The van der Waals surface area contributed by atoms with Gasteiger partial charge in [0.15, 0.2) is 0 Å². The Hall–Kier alpha value is -0.0400. The molecule has 0 aromatic carbocycles. The van der Waals surface area contributed by atoms with E-state index in [4.69, 9.17) is 0 Å². The van der Waals surface area contributed by atoms with E-state index in [1.165, 1.54) is 38.5 Å². The second kappa shape index (κ2) is 9.82. The van der Waals surface area contributed by atoms with E-state index < -0.39 is 0 Å². The van der Waals surface area contributed by atoms with E-state index in [0.717, 1.165) is 17.8 Å². The summed E-state index contributed by atoms with van der Waals surface area (Å²) in [6.07, 6.45) is 7.58. The first-order valence-corrected chi connectivity index (χ1v) is 8.75. The standard InChI is InChI=1S/C19H40O/c1-15(2)11-17(4)12-18(14-20)10-8-9-16(3)13-19(5,6)7/h15-18,20H,8-14H2,1-7H3. The Morgan fingerprint density at radius 3 is 1.90 bits per heavy atom. The number of aliphatic hydroxyl groups excluding tert-OH is 1. The first-order chi connectivity index (χ1) is 9.14. The maximum atomic E-state index is 9.56. The number of rotatable bonds is 10. The molecule has 0 fully saturated rings. The summed E-state index contributed by atoms with van der Waals surface area (Å²) < 4.78 is 0. The number of aliphatic hydroxyl groups is 1. The van der Waals surface area contributed by atoms with Crippen molar-refractivity contribution in [2.75, 3.05) is 6.61 Å². The molecule has 0 saturated carbocycles. The fourth-order valence-corrected chi connectivity index (χ4v) is 3.66. The summed E-state index contributed by atoms with van der Waals surface area (Å²) in [4.78, 5) is 0. The Balaban J connectivity index is 3.90. The topological polar surface area (TPSA) is 20.2 Å². The van der Waals surface area contributed by atoms with Crippen LogP contribution in [0.5, 0.6) is 0 Å². The third-order valence-electron chi connectivity index (χ3n) is 4.14. The van der Waals surface area contributed by atoms with Crippen LogP contribution in [0.1, 0.15) is 87.0 Å². The summed E-state index contributed by atoms with van der Waals surface area (Å²) >= 11 is 0. The quantitative estimate of drug-likeness (QED) is 0.528. The molecule has 122 valence electrons. The fourth-order valence-electron chi connectivity index (χ4n) is 3.66. The second-order valence-corrected chi connectivity index (χ2v) is 8.82. The molecule has 0 aromatic rings. The molecule has 0 aliphatic heterocycles. The molecule has 0 rings (SSSR count). The molecule has 0 aromatic heterocycles. The van der Waals surface area contributed by atoms with Gasteiger partial charge >= 0.3 is 0 Å². The van der Waals surface area contributed by atoms with Gasteiger partial charge in [0.05, 0.1) is 0 Å². The highest BCUT2D eigenvalue weighted by Crippen LogP contribution is 2.28. The van der Waals surface area contributed by atoms with Crippen LogP contribution in [0.4, 0.5) is 0 Å². The lowest BCUT2D eigenvalue weighted by Crippen LogP contribution is -2.14. The highest BCUT2D eigenvalue weighted by Gasteiger charge is 2.17. The molecule has 0 amide bonds. The van der Waals surface area contributed by atoms with Gasteiger partial charge in [0.1, 0.15) is 0 Å². The van der Waals surface area contributed by atoms with Gasteiger partial charge in [0, 0.05) is 6.61 Å². The molecular formula is C19H40O. The summed E-state index contributed by atoms with van der Waals surface area (Å²) in [5, 5.41) is 9.56. The van der Waals surface area contributed by atoms with Crippen LogP contribution < -0.4 is 0 Å². The molecule has 3 atom stereocenters. The van der Waals surface area contributed by atoms with E-state index in [1.807, 2.05) is 0 Å². The van der Waals surface area contributed by atoms with E-state index in [9.17, 15) is 5.11 Å². The first kappa shape index (κ1) is 20.0. The molecule has 0 aliphatic carbocycles. The Bertz CT molecular complexity index is 226. The zero-order valence-electron chi connectivity index (χ0n) is 15.2. The molecule has 1 nitrogen and oxygen atoms in total. The molecule has 0 spiro atoms. The van der Waals surface area contributed by atoms with Gasteiger partial charge in [-0.05, 0) is 54.8 Å². The number of hydrogen-bond acceptors (Lipinski definition) is 1. The maximum absolute atomic E-state index is 9.56. The Kier molecular flexibility index (Phi) is 9.80. The molecule has 0 radical (unpaired) electrons. The van der Waals surface area contributed by atoms with Crippen molar-refractivity contribution in [1.29, 1.82) is 0 Å². The largest absolute Gasteiger partial charge is 0.396 e. The molecule has 20 heavy (non-hydrogen) atoms. The summed E-state index contributed by atoms with van der Waals surface area (Å²) in [5.41, 5.74) is 0.446. The van der Waals surface area contributed by atoms with Crippen LogP contribution in [0.25, 0.3) is 0 Å². The predicted octanol–water partition coefficient (Wildman–Crippen LogP) is 5.91. The van der Waals surface area contributed by atoms with Crippen molar-refractivity contribution in [1.82, 2.24) is 0 Å². The fraction of sp³-hybridized carbons (Fsp3) is 1.00. The minimum Gasteiger partial charge on any atom is -0.396 e. The van der Waals surface area contributed by atoms with Crippen LogP contribution in [-0.4, -0.2) is 11.7 Å². The lowest BCUT2D eigenvalue weighted by atomic mass is 9.82. The van der Waals surface area contributed by atoms with Crippen LogP contribution >= 0.6 is 0 Å². The highest BCUT2D eigenvalue weighted by molar-refractivity contribution is 4.69. The van der Waals surface area contributed by atoms with Crippen LogP contribution in [0.3, 0.4) is 0 Å². The van der Waals surface area contributed by atoms with E-state index in [-0.39, 0.29) is 0 Å². The van der Waals surface area contributed by atoms with Crippen molar-refractivity contribution in [3.8, 4) is 0 Å². The lowest BCUT2D eigenvalue weighted by molar-refractivity contribution is 0.182. The van der Waals surface area contributed by atoms with Crippen molar-refractivity contribution in [2.45, 2.75) is 87.0 Å². The first-order valence-electron chi connectivity index (χ1n) is 8.75. The van der Waals surface area contributed by atoms with Crippen LogP contribution in [-0.2, 0) is 0 Å². The lowest BCUT2D eigenvalue weighted by Gasteiger charge is -2.24. The van der Waals surface area contributed by atoms with Crippen molar-refractivity contribution in [3.05, 3.63) is 0 Å². The summed E-state index contributed by atoms with van der Waals surface area (Å²) in [6.45, 7) is 16.6. The zero-order chi connectivity index (χ0) is 15.8. The SMILES string of the molecule is CC(C)CC(C)CC(CO)CCCC(C)CC(C)(C)C. The van der Waals surface area contributed by atoms with E-state index >= 15 is 0 Å². The van der Waals surface area contributed by atoms with E-state index in [2.05, 4.69) is 48.5 Å². The van der Waals surface area contributed by atoms with Crippen LogP contribution in [0.15, 0.2) is 0 Å². The normalized spacial score (nSPS) is 17.2. The smallest absolute Gasteiger partial charge is 0.0459 e. The zero-order valence-corrected chi connectivity index (χ0v) is 15.2. The monoisotopic (exact) mass is 284 g/mol. The van der Waals surface area contributed by atoms with Crippen molar-refractivity contribution in [3.63, 3.8) is 0 Å². The van der Waals surface area contributed by atoms with Crippen molar-refractivity contribution >= 4 is 0 Å². The van der Waals surface area contributed by atoms with Gasteiger partial charge < -0.3 is 5.11 Å². The van der Waals surface area contributed by atoms with Crippen molar-refractivity contribution in [2.24, 2.45) is 29.1 Å². The molecule has 1 N–H and O–H groups in total. The summed E-state index contributed by atoms with van der Waals surface area (Å²) in [6, 6.07) is 0. The number of hydrogen-bond donors (Lipinski definition) is 1. The van der Waals surface area contributed by atoms with Gasteiger partial charge in [-0.25, -0.2) is 0 Å². The predicted molar refractivity (Wildman–Crippen MR) is 90.9 cm³/mol. The molecule has 0 aliphatic rings. The molecule has 0 bridgehead atoms. The molecule has 0 heterocycles. The molecule has 1 heteroatoms. The minimum atomic E-state index is 0.371. The van der Waals surface area contributed by atoms with Crippen LogP contribution in [0.2, 0.25) is 0 Å². The Morgan fingerprint density at radius 1 is 0.850 bits per heavy atom. The summed E-state index contributed by atoms with van der Waals surface area (Å²) in [5.74, 6) is 2.85.